The summed E-state index contributed by atoms with van der Waals surface area (Å²) >= 11 is 0. The van der Waals surface area contributed by atoms with Crippen LogP contribution in [0.4, 0.5) is 5.69 Å². The molecule has 2 aromatic carbocycles. The standard InChI is InChI=1S/C22H19N5O3/c1-29-19-6-3-2-5-16(19)15-21(28)24-17-7-9-18(10-8-17)30-22-12-11-20(25-26-22)27-14-4-13-23-27/h2-14H,15H2,1H3,(H,24,28). The molecule has 0 aliphatic carbocycles. The number of nitrogens with one attached hydrogen (secondary N) is 1. The third-order valence-electron chi connectivity index (χ3n) is 4.27. The summed E-state index contributed by atoms with van der Waals surface area (Å²) in [6.07, 6.45) is 3.68. The van der Waals surface area contributed by atoms with Crippen LogP contribution in [-0.2, 0) is 11.2 Å². The second-order valence-corrected chi connectivity index (χ2v) is 6.34. The Balaban J connectivity index is 1.35. The second kappa shape index (κ2) is 8.87. The molecule has 30 heavy (non-hydrogen) atoms. The number of rotatable bonds is 7. The van der Waals surface area contributed by atoms with E-state index in [0.717, 1.165) is 5.56 Å². The number of aromatic nitrogens is 4. The molecule has 0 unspecified atom stereocenters. The van der Waals surface area contributed by atoms with Crippen LogP contribution in [0, 0.1) is 0 Å². The molecule has 4 aromatic rings. The average molecular weight is 401 g/mol. The van der Waals surface area contributed by atoms with Gasteiger partial charge in [0.05, 0.1) is 13.5 Å². The zero-order chi connectivity index (χ0) is 20.8. The highest BCUT2D eigenvalue weighted by atomic mass is 16.5. The molecule has 2 heterocycles. The number of para-hydroxylation sites is 1. The number of ether oxygens (including phenoxy) is 2. The van der Waals surface area contributed by atoms with Crippen molar-refractivity contribution in [2.75, 3.05) is 12.4 Å². The molecule has 0 atom stereocenters. The van der Waals surface area contributed by atoms with Gasteiger partial charge in [0, 0.05) is 29.7 Å². The van der Waals surface area contributed by atoms with Crippen LogP contribution in [-0.4, -0.2) is 33.0 Å². The number of carbonyl (C=O) groups excluding carboxylic acids is 1. The highest BCUT2D eigenvalue weighted by Gasteiger charge is 2.09. The quantitative estimate of drug-likeness (QED) is 0.508. The number of carbonyl (C=O) groups is 1. The van der Waals surface area contributed by atoms with Crippen molar-refractivity contribution in [3.05, 3.63) is 84.7 Å². The molecule has 1 N–H and O–H groups in total. The molecule has 0 spiro atoms. The van der Waals surface area contributed by atoms with E-state index in [4.69, 9.17) is 9.47 Å². The Hall–Kier alpha value is -4.20. The minimum absolute atomic E-state index is 0.131. The Morgan fingerprint density at radius 1 is 1.00 bits per heavy atom. The maximum atomic E-state index is 12.3. The average Bonchev–Trinajstić information content (AvgIpc) is 3.31. The van der Waals surface area contributed by atoms with E-state index >= 15 is 0 Å². The van der Waals surface area contributed by atoms with Crippen molar-refractivity contribution in [3.63, 3.8) is 0 Å². The van der Waals surface area contributed by atoms with E-state index in [1.165, 1.54) is 0 Å². The summed E-state index contributed by atoms with van der Waals surface area (Å²) < 4.78 is 12.6. The molecule has 1 amide bonds. The minimum atomic E-state index is -0.131. The van der Waals surface area contributed by atoms with Crippen LogP contribution in [0.25, 0.3) is 5.82 Å². The summed E-state index contributed by atoms with van der Waals surface area (Å²) in [4.78, 5) is 12.3. The van der Waals surface area contributed by atoms with E-state index in [-0.39, 0.29) is 12.3 Å². The van der Waals surface area contributed by atoms with Gasteiger partial charge in [-0.15, -0.1) is 10.2 Å². The van der Waals surface area contributed by atoms with Crippen LogP contribution < -0.4 is 14.8 Å². The number of amides is 1. The summed E-state index contributed by atoms with van der Waals surface area (Å²) in [5.74, 6) is 2.10. The molecule has 2 aromatic heterocycles. The first-order valence-corrected chi connectivity index (χ1v) is 9.25. The van der Waals surface area contributed by atoms with Crippen molar-refractivity contribution in [2.45, 2.75) is 6.42 Å². The molecule has 0 aliphatic heterocycles. The normalized spacial score (nSPS) is 10.4. The maximum Gasteiger partial charge on any atom is 0.238 e. The van der Waals surface area contributed by atoms with E-state index in [1.54, 1.807) is 60.6 Å². The lowest BCUT2D eigenvalue weighted by molar-refractivity contribution is -0.115. The molecule has 0 aliphatic rings. The van der Waals surface area contributed by atoms with Crippen LogP contribution in [0.2, 0.25) is 0 Å². The van der Waals surface area contributed by atoms with Gasteiger partial charge in [0.2, 0.25) is 11.8 Å². The van der Waals surface area contributed by atoms with Crippen LogP contribution in [0.5, 0.6) is 17.4 Å². The van der Waals surface area contributed by atoms with Gasteiger partial charge in [-0.3, -0.25) is 4.79 Å². The zero-order valence-electron chi connectivity index (χ0n) is 16.2. The highest BCUT2D eigenvalue weighted by molar-refractivity contribution is 5.92. The van der Waals surface area contributed by atoms with E-state index in [0.29, 0.717) is 28.9 Å². The van der Waals surface area contributed by atoms with Crippen molar-refractivity contribution in [1.82, 2.24) is 20.0 Å². The van der Waals surface area contributed by atoms with Crippen LogP contribution in [0.3, 0.4) is 0 Å². The lowest BCUT2D eigenvalue weighted by Crippen LogP contribution is -2.14. The molecule has 0 saturated carbocycles. The van der Waals surface area contributed by atoms with E-state index in [9.17, 15) is 4.79 Å². The molecule has 150 valence electrons. The third-order valence-corrected chi connectivity index (χ3v) is 4.27. The summed E-state index contributed by atoms with van der Waals surface area (Å²) in [5.41, 5.74) is 1.50. The number of hydrogen-bond acceptors (Lipinski definition) is 6. The van der Waals surface area contributed by atoms with Gasteiger partial charge in [-0.25, -0.2) is 4.68 Å². The maximum absolute atomic E-state index is 12.3. The van der Waals surface area contributed by atoms with Crippen molar-refractivity contribution in [1.29, 1.82) is 0 Å². The highest BCUT2D eigenvalue weighted by Crippen LogP contribution is 2.22. The Morgan fingerprint density at radius 2 is 1.83 bits per heavy atom. The monoisotopic (exact) mass is 401 g/mol. The zero-order valence-corrected chi connectivity index (χ0v) is 16.2. The van der Waals surface area contributed by atoms with Crippen molar-refractivity contribution in [2.24, 2.45) is 0 Å². The molecular formula is C22H19N5O3. The Morgan fingerprint density at radius 3 is 2.53 bits per heavy atom. The summed E-state index contributed by atoms with van der Waals surface area (Å²) in [7, 11) is 1.59. The predicted molar refractivity (Wildman–Crippen MR) is 111 cm³/mol. The van der Waals surface area contributed by atoms with Gasteiger partial charge in [0.25, 0.3) is 0 Å². The fourth-order valence-electron chi connectivity index (χ4n) is 2.85. The molecule has 0 saturated heterocycles. The summed E-state index contributed by atoms with van der Waals surface area (Å²) in [6, 6.07) is 19.8. The first kappa shape index (κ1) is 19.1. The van der Waals surface area contributed by atoms with Crippen molar-refractivity contribution >= 4 is 11.6 Å². The topological polar surface area (TPSA) is 91.2 Å². The number of anilines is 1. The Bertz CT molecular complexity index is 1110. The minimum Gasteiger partial charge on any atom is -0.496 e. The van der Waals surface area contributed by atoms with Crippen LogP contribution in [0.15, 0.2) is 79.1 Å². The smallest absolute Gasteiger partial charge is 0.238 e. The van der Waals surface area contributed by atoms with E-state index < -0.39 is 0 Å². The fraction of sp³-hybridized carbons (Fsp3) is 0.0909. The van der Waals surface area contributed by atoms with Gasteiger partial charge in [-0.1, -0.05) is 18.2 Å². The van der Waals surface area contributed by atoms with Crippen LogP contribution in [0.1, 0.15) is 5.56 Å². The number of nitrogens with zero attached hydrogens (tertiary/aromatic N) is 4. The summed E-state index contributed by atoms with van der Waals surface area (Å²) in [5, 5.41) is 15.1. The molecule has 4 rings (SSSR count). The second-order valence-electron chi connectivity index (χ2n) is 6.34. The Kier molecular flexibility index (Phi) is 5.66. The number of methoxy groups -OCH3 is 1. The first-order valence-electron chi connectivity index (χ1n) is 9.25. The number of hydrogen-bond donors (Lipinski definition) is 1. The van der Waals surface area contributed by atoms with Crippen LogP contribution >= 0.6 is 0 Å². The largest absolute Gasteiger partial charge is 0.496 e. The molecule has 0 bridgehead atoms. The molecule has 8 nitrogen and oxygen atoms in total. The lowest BCUT2D eigenvalue weighted by Gasteiger charge is -2.10. The SMILES string of the molecule is COc1ccccc1CC(=O)Nc1ccc(Oc2ccc(-n3cccn3)nn2)cc1. The Labute approximate surface area is 173 Å². The number of benzene rings is 2. The van der Waals surface area contributed by atoms with E-state index in [1.807, 2.05) is 30.3 Å². The van der Waals surface area contributed by atoms with Gasteiger partial charge in [0.15, 0.2) is 5.82 Å². The van der Waals surface area contributed by atoms with Gasteiger partial charge in [-0.2, -0.15) is 5.10 Å². The first-order chi connectivity index (χ1) is 14.7. The predicted octanol–water partition coefficient (Wildman–Crippen LogP) is 3.64. The van der Waals surface area contributed by atoms with Crippen molar-refractivity contribution in [3.8, 4) is 23.2 Å². The third kappa shape index (κ3) is 4.61. The van der Waals surface area contributed by atoms with Gasteiger partial charge in [0.1, 0.15) is 11.5 Å². The van der Waals surface area contributed by atoms with Gasteiger partial charge < -0.3 is 14.8 Å². The van der Waals surface area contributed by atoms with Gasteiger partial charge >= 0.3 is 0 Å². The van der Waals surface area contributed by atoms with E-state index in [2.05, 4.69) is 20.6 Å². The molecule has 0 fully saturated rings. The molecule has 0 radical (unpaired) electrons. The molecular weight excluding hydrogens is 382 g/mol. The van der Waals surface area contributed by atoms with Gasteiger partial charge in [-0.05, 0) is 42.5 Å². The summed E-state index contributed by atoms with van der Waals surface area (Å²) in [6.45, 7) is 0. The molecule has 8 heteroatoms. The lowest BCUT2D eigenvalue weighted by atomic mass is 10.1. The van der Waals surface area contributed by atoms with Crippen molar-refractivity contribution < 1.29 is 14.3 Å². The fourth-order valence-corrected chi connectivity index (χ4v) is 2.85.